The van der Waals surface area contributed by atoms with Gasteiger partial charge in [0, 0.05) is 6.08 Å². The summed E-state index contributed by atoms with van der Waals surface area (Å²) in [7, 11) is 0. The van der Waals surface area contributed by atoms with Gasteiger partial charge in [0.05, 0.1) is 4.83 Å². The highest BCUT2D eigenvalue weighted by Crippen LogP contribution is 2.14. The maximum Gasteiger partial charge on any atom is 0.331 e. The summed E-state index contributed by atoms with van der Waals surface area (Å²) in [5, 5.41) is 0. The number of alkyl halides is 1. The zero-order chi connectivity index (χ0) is 6.85. The van der Waals surface area contributed by atoms with Gasteiger partial charge in [-0.05, 0) is 13.0 Å². The third-order valence-corrected chi connectivity index (χ3v) is 1.65. The van der Waals surface area contributed by atoms with Crippen molar-refractivity contribution >= 4 is 21.9 Å². The van der Waals surface area contributed by atoms with Crippen LogP contribution in [-0.4, -0.2) is 16.9 Å². The van der Waals surface area contributed by atoms with Crippen LogP contribution in [0.15, 0.2) is 12.2 Å². The van der Waals surface area contributed by atoms with Gasteiger partial charge in [0.25, 0.3) is 0 Å². The normalized spacial score (nSPS) is 28.2. The van der Waals surface area contributed by atoms with Crippen LogP contribution >= 0.6 is 15.9 Å². The molecule has 1 heterocycles. The van der Waals surface area contributed by atoms with E-state index in [0.717, 1.165) is 0 Å². The second kappa shape index (κ2) is 2.52. The van der Waals surface area contributed by atoms with Gasteiger partial charge in [-0.1, -0.05) is 15.9 Å². The van der Waals surface area contributed by atoms with Crippen molar-refractivity contribution in [3.63, 3.8) is 0 Å². The standard InChI is InChI=1S/C6H7BrO2/c1-4(7)5-2-3-6(8)9-5/h2-5H,1H3/t4-,5?/m0/s1. The number of carbonyl (C=O) groups excluding carboxylic acids is 1. The van der Waals surface area contributed by atoms with Gasteiger partial charge in [-0.3, -0.25) is 0 Å². The molecule has 0 N–H and O–H groups in total. The van der Waals surface area contributed by atoms with Crippen molar-refractivity contribution in [2.24, 2.45) is 0 Å². The van der Waals surface area contributed by atoms with Crippen molar-refractivity contribution in [3.8, 4) is 0 Å². The molecule has 0 saturated carbocycles. The van der Waals surface area contributed by atoms with Gasteiger partial charge in [-0.15, -0.1) is 0 Å². The lowest BCUT2D eigenvalue weighted by molar-refractivity contribution is -0.138. The Hall–Kier alpha value is -0.310. The molecule has 0 radical (unpaired) electrons. The molecular formula is C6H7BrO2. The number of ether oxygens (including phenoxy) is 1. The predicted octanol–water partition coefficient (Wildman–Crippen LogP) is 1.25. The maximum absolute atomic E-state index is 10.4. The molecule has 0 saturated heterocycles. The van der Waals surface area contributed by atoms with E-state index in [1.165, 1.54) is 6.08 Å². The number of hydrogen-bond acceptors (Lipinski definition) is 2. The minimum absolute atomic E-state index is 0.0718. The quantitative estimate of drug-likeness (QED) is 0.460. The van der Waals surface area contributed by atoms with E-state index < -0.39 is 0 Å². The average molecular weight is 191 g/mol. The maximum atomic E-state index is 10.4. The number of halogens is 1. The molecule has 0 aliphatic carbocycles. The highest BCUT2D eigenvalue weighted by Gasteiger charge is 2.20. The summed E-state index contributed by atoms with van der Waals surface area (Å²) < 4.78 is 4.83. The summed E-state index contributed by atoms with van der Waals surface area (Å²) in [6.45, 7) is 1.94. The zero-order valence-corrected chi connectivity index (χ0v) is 6.59. The summed E-state index contributed by atoms with van der Waals surface area (Å²) in [6.07, 6.45) is 3.13. The lowest BCUT2D eigenvalue weighted by atomic mass is 10.3. The first-order chi connectivity index (χ1) is 4.20. The van der Waals surface area contributed by atoms with Gasteiger partial charge < -0.3 is 4.74 Å². The van der Waals surface area contributed by atoms with E-state index in [9.17, 15) is 4.79 Å². The van der Waals surface area contributed by atoms with Crippen molar-refractivity contribution in [3.05, 3.63) is 12.2 Å². The molecule has 1 unspecified atom stereocenters. The van der Waals surface area contributed by atoms with E-state index in [1.54, 1.807) is 6.08 Å². The summed E-state index contributed by atoms with van der Waals surface area (Å²) in [5.74, 6) is -0.244. The molecule has 50 valence electrons. The Kier molecular flexibility index (Phi) is 1.90. The van der Waals surface area contributed by atoms with Crippen LogP contribution in [0.25, 0.3) is 0 Å². The Labute approximate surface area is 62.0 Å². The van der Waals surface area contributed by atoms with Crippen molar-refractivity contribution in [1.29, 1.82) is 0 Å². The van der Waals surface area contributed by atoms with E-state index in [1.807, 2.05) is 6.92 Å². The fourth-order valence-corrected chi connectivity index (χ4v) is 0.917. The Morgan fingerprint density at radius 2 is 2.56 bits per heavy atom. The lowest BCUT2D eigenvalue weighted by Crippen LogP contribution is -2.16. The Morgan fingerprint density at radius 3 is 2.78 bits per heavy atom. The minimum Gasteiger partial charge on any atom is -0.454 e. The molecule has 2 atom stereocenters. The Balaban J connectivity index is 2.50. The summed E-state index contributed by atoms with van der Waals surface area (Å²) in [5.41, 5.74) is 0. The lowest BCUT2D eigenvalue weighted by Gasteiger charge is -2.08. The topological polar surface area (TPSA) is 26.3 Å². The molecule has 2 nitrogen and oxygen atoms in total. The van der Waals surface area contributed by atoms with Gasteiger partial charge in [-0.2, -0.15) is 0 Å². The van der Waals surface area contributed by atoms with Crippen LogP contribution in [0.4, 0.5) is 0 Å². The van der Waals surface area contributed by atoms with Crippen molar-refractivity contribution in [2.75, 3.05) is 0 Å². The first-order valence-electron chi connectivity index (χ1n) is 2.73. The molecule has 1 aliphatic heterocycles. The van der Waals surface area contributed by atoms with Gasteiger partial charge in [0.1, 0.15) is 6.10 Å². The molecule has 0 bridgehead atoms. The average Bonchev–Trinajstić information content (AvgIpc) is 2.14. The van der Waals surface area contributed by atoms with Crippen LogP contribution in [0.3, 0.4) is 0 Å². The third kappa shape index (κ3) is 1.55. The summed E-state index contributed by atoms with van der Waals surface area (Å²) in [6, 6.07) is 0. The van der Waals surface area contributed by atoms with Crippen molar-refractivity contribution in [2.45, 2.75) is 17.9 Å². The molecule has 1 aliphatic rings. The molecular weight excluding hydrogens is 184 g/mol. The summed E-state index contributed by atoms with van der Waals surface area (Å²) in [4.78, 5) is 10.6. The first kappa shape index (κ1) is 6.81. The van der Waals surface area contributed by atoms with Gasteiger partial charge in [0.2, 0.25) is 0 Å². The number of cyclic esters (lactones) is 1. The Morgan fingerprint density at radius 1 is 1.89 bits per heavy atom. The summed E-state index contributed by atoms with van der Waals surface area (Å²) >= 11 is 3.30. The van der Waals surface area contributed by atoms with E-state index in [-0.39, 0.29) is 16.9 Å². The molecule has 0 aromatic rings. The number of hydrogen-bond donors (Lipinski definition) is 0. The second-order valence-electron chi connectivity index (χ2n) is 1.94. The van der Waals surface area contributed by atoms with Crippen LogP contribution in [0.2, 0.25) is 0 Å². The van der Waals surface area contributed by atoms with Crippen LogP contribution < -0.4 is 0 Å². The minimum atomic E-state index is -0.244. The highest BCUT2D eigenvalue weighted by atomic mass is 79.9. The molecule has 3 heteroatoms. The monoisotopic (exact) mass is 190 g/mol. The van der Waals surface area contributed by atoms with E-state index in [4.69, 9.17) is 4.74 Å². The smallest absolute Gasteiger partial charge is 0.331 e. The van der Waals surface area contributed by atoms with Crippen LogP contribution in [0, 0.1) is 0 Å². The highest BCUT2D eigenvalue weighted by molar-refractivity contribution is 9.09. The largest absolute Gasteiger partial charge is 0.454 e. The number of rotatable bonds is 1. The number of carbonyl (C=O) groups is 1. The molecule has 0 fully saturated rings. The van der Waals surface area contributed by atoms with Gasteiger partial charge >= 0.3 is 5.97 Å². The Bertz CT molecular complexity index is 151. The van der Waals surface area contributed by atoms with Crippen LogP contribution in [0.1, 0.15) is 6.92 Å². The third-order valence-electron chi connectivity index (χ3n) is 1.13. The molecule has 9 heavy (non-hydrogen) atoms. The molecule has 0 aromatic carbocycles. The van der Waals surface area contributed by atoms with Gasteiger partial charge in [-0.25, -0.2) is 4.79 Å². The number of esters is 1. The first-order valence-corrected chi connectivity index (χ1v) is 3.64. The van der Waals surface area contributed by atoms with Crippen molar-refractivity contribution in [1.82, 2.24) is 0 Å². The van der Waals surface area contributed by atoms with Crippen LogP contribution in [0.5, 0.6) is 0 Å². The second-order valence-corrected chi connectivity index (χ2v) is 3.38. The van der Waals surface area contributed by atoms with Gasteiger partial charge in [0.15, 0.2) is 0 Å². The molecule has 0 amide bonds. The molecule has 1 rings (SSSR count). The fraction of sp³-hybridized carbons (Fsp3) is 0.500. The molecule has 0 aromatic heterocycles. The van der Waals surface area contributed by atoms with E-state index >= 15 is 0 Å². The molecule has 0 spiro atoms. The SMILES string of the molecule is C[C@H](Br)C1C=CC(=O)O1. The van der Waals surface area contributed by atoms with E-state index in [0.29, 0.717) is 0 Å². The van der Waals surface area contributed by atoms with Crippen LogP contribution in [-0.2, 0) is 9.53 Å². The van der Waals surface area contributed by atoms with E-state index in [2.05, 4.69) is 15.9 Å². The zero-order valence-electron chi connectivity index (χ0n) is 5.00. The fourth-order valence-electron chi connectivity index (χ4n) is 0.633. The van der Waals surface area contributed by atoms with Crippen molar-refractivity contribution < 1.29 is 9.53 Å². The predicted molar refractivity (Wildman–Crippen MR) is 37.4 cm³/mol.